The Balaban J connectivity index is 1.85. The molecule has 0 amide bonds. The van der Waals surface area contributed by atoms with Crippen molar-refractivity contribution < 1.29 is 20.1 Å². The van der Waals surface area contributed by atoms with E-state index in [4.69, 9.17) is 4.74 Å². The number of phenolic OH excluding ortho intramolecular Hbond substituents is 2. The summed E-state index contributed by atoms with van der Waals surface area (Å²) in [6, 6.07) is 4.29. The molecule has 2 aliphatic carbocycles. The van der Waals surface area contributed by atoms with Crippen molar-refractivity contribution in [2.45, 2.75) is 65.4 Å². The van der Waals surface area contributed by atoms with Crippen LogP contribution in [0.3, 0.4) is 0 Å². The summed E-state index contributed by atoms with van der Waals surface area (Å²) < 4.78 is 5.95. The molecule has 140 valence electrons. The molecule has 1 aromatic carbocycles. The number of aliphatic hydroxyl groups is 1. The highest BCUT2D eigenvalue weighted by Crippen LogP contribution is 2.61. The molecule has 0 radical (unpaired) electrons. The maximum absolute atomic E-state index is 11.1. The molecule has 25 heavy (non-hydrogen) atoms. The van der Waals surface area contributed by atoms with Crippen LogP contribution in [0.4, 0.5) is 0 Å². The quantitative estimate of drug-likeness (QED) is 0.754. The number of ether oxygens (including phenoxy) is 1. The zero-order chi connectivity index (χ0) is 18.5. The highest BCUT2D eigenvalue weighted by molar-refractivity contribution is 5.40. The van der Waals surface area contributed by atoms with Gasteiger partial charge in [-0.3, -0.25) is 0 Å². The van der Waals surface area contributed by atoms with E-state index in [0.29, 0.717) is 18.3 Å². The molecule has 4 unspecified atom stereocenters. The molecule has 0 heterocycles. The number of rotatable bonds is 3. The third kappa shape index (κ3) is 3.33. The molecule has 1 aromatic rings. The summed E-state index contributed by atoms with van der Waals surface area (Å²) in [6.45, 7) is 9.36. The molecule has 2 fully saturated rings. The monoisotopic (exact) mass is 348 g/mol. The average molecular weight is 348 g/mol. The van der Waals surface area contributed by atoms with Gasteiger partial charge in [0.25, 0.3) is 0 Å². The lowest BCUT2D eigenvalue weighted by Crippen LogP contribution is -2.59. The second-order valence-electron chi connectivity index (χ2n) is 9.35. The van der Waals surface area contributed by atoms with E-state index < -0.39 is 5.60 Å². The Hall–Kier alpha value is -1.42. The van der Waals surface area contributed by atoms with Gasteiger partial charge in [0.05, 0.1) is 12.2 Å². The largest absolute Gasteiger partial charge is 0.508 e. The molecule has 4 heteroatoms. The number of phenols is 2. The molecule has 0 aromatic heterocycles. The molecule has 2 saturated carbocycles. The van der Waals surface area contributed by atoms with E-state index in [1.807, 2.05) is 6.92 Å². The number of hydrogen-bond acceptors (Lipinski definition) is 4. The third-order valence-electron chi connectivity index (χ3n) is 7.05. The summed E-state index contributed by atoms with van der Waals surface area (Å²) in [4.78, 5) is 0. The number of aromatic hydroxyl groups is 2. The topological polar surface area (TPSA) is 69.9 Å². The molecule has 2 aliphatic rings. The fourth-order valence-electron chi connectivity index (χ4n) is 5.83. The van der Waals surface area contributed by atoms with Crippen LogP contribution >= 0.6 is 0 Å². The van der Waals surface area contributed by atoms with Crippen LogP contribution in [0.1, 0.15) is 59.8 Å². The first-order chi connectivity index (χ1) is 11.5. The minimum absolute atomic E-state index is 0.0165. The van der Waals surface area contributed by atoms with E-state index in [-0.39, 0.29) is 28.2 Å². The number of hydrogen-bond donors (Lipinski definition) is 3. The normalized spacial score (nSPS) is 37.3. The molecule has 3 N–H and O–H groups in total. The third-order valence-corrected chi connectivity index (χ3v) is 7.05. The highest BCUT2D eigenvalue weighted by atomic mass is 16.5. The van der Waals surface area contributed by atoms with Crippen LogP contribution in [-0.4, -0.2) is 27.5 Å². The molecular formula is C21H32O4. The van der Waals surface area contributed by atoms with E-state index in [0.717, 1.165) is 19.3 Å². The minimum atomic E-state index is -0.766. The van der Waals surface area contributed by atoms with Gasteiger partial charge in [-0.1, -0.05) is 27.2 Å². The molecule has 0 bridgehead atoms. The molecule has 0 saturated heterocycles. The van der Waals surface area contributed by atoms with E-state index in [9.17, 15) is 15.3 Å². The van der Waals surface area contributed by atoms with Crippen LogP contribution in [0.5, 0.6) is 17.2 Å². The van der Waals surface area contributed by atoms with Gasteiger partial charge in [-0.15, -0.1) is 0 Å². The van der Waals surface area contributed by atoms with E-state index in [1.165, 1.54) is 31.0 Å². The Kier molecular flexibility index (Phi) is 4.47. The molecule has 4 atom stereocenters. The lowest BCUT2D eigenvalue weighted by molar-refractivity contribution is -0.176. The first-order valence-corrected chi connectivity index (χ1v) is 9.43. The van der Waals surface area contributed by atoms with Crippen molar-refractivity contribution in [3.8, 4) is 17.2 Å². The van der Waals surface area contributed by atoms with Gasteiger partial charge in [-0.2, -0.15) is 0 Å². The smallest absolute Gasteiger partial charge is 0.126 e. The van der Waals surface area contributed by atoms with Crippen molar-refractivity contribution >= 4 is 0 Å². The van der Waals surface area contributed by atoms with Crippen LogP contribution in [0.25, 0.3) is 0 Å². The number of benzene rings is 1. The van der Waals surface area contributed by atoms with Crippen LogP contribution in [0, 0.1) is 22.7 Å². The standard InChI is InChI=1S/C21H32O4/c1-19(2)7-5-8-20(3)17(19)6-9-21(4,24)18(20)13-25-16-11-14(22)10-15(23)12-16/h10-12,17-18,22-24H,5-9,13H2,1-4H3. The Morgan fingerprint density at radius 3 is 2.28 bits per heavy atom. The molecule has 0 spiro atoms. The summed E-state index contributed by atoms with van der Waals surface area (Å²) in [5, 5.41) is 30.4. The van der Waals surface area contributed by atoms with Crippen molar-refractivity contribution in [2.24, 2.45) is 22.7 Å². The Bertz CT molecular complexity index is 617. The van der Waals surface area contributed by atoms with Gasteiger partial charge in [0.2, 0.25) is 0 Å². The summed E-state index contributed by atoms with van der Waals surface area (Å²) in [7, 11) is 0. The van der Waals surface area contributed by atoms with Crippen LogP contribution in [-0.2, 0) is 0 Å². The minimum Gasteiger partial charge on any atom is -0.508 e. The molecule has 4 nitrogen and oxygen atoms in total. The van der Waals surface area contributed by atoms with E-state index in [2.05, 4.69) is 20.8 Å². The van der Waals surface area contributed by atoms with Crippen LogP contribution in [0.2, 0.25) is 0 Å². The van der Waals surface area contributed by atoms with Crippen molar-refractivity contribution in [1.82, 2.24) is 0 Å². The van der Waals surface area contributed by atoms with E-state index in [1.54, 1.807) is 0 Å². The highest BCUT2D eigenvalue weighted by Gasteiger charge is 2.58. The van der Waals surface area contributed by atoms with Gasteiger partial charge in [0.15, 0.2) is 0 Å². The predicted molar refractivity (Wildman–Crippen MR) is 97.8 cm³/mol. The maximum atomic E-state index is 11.1. The zero-order valence-electron chi connectivity index (χ0n) is 15.9. The van der Waals surface area contributed by atoms with Gasteiger partial charge < -0.3 is 20.1 Å². The predicted octanol–water partition coefficient (Wildman–Crippen LogP) is 4.47. The maximum Gasteiger partial charge on any atom is 0.126 e. The summed E-state index contributed by atoms with van der Waals surface area (Å²) in [5.74, 6) is 0.985. The van der Waals surface area contributed by atoms with Crippen molar-refractivity contribution in [3.05, 3.63) is 18.2 Å². The van der Waals surface area contributed by atoms with Gasteiger partial charge in [-0.05, 0) is 49.4 Å². The first-order valence-electron chi connectivity index (χ1n) is 9.43. The number of fused-ring (bicyclic) bond motifs is 1. The van der Waals surface area contributed by atoms with Crippen LogP contribution < -0.4 is 4.74 Å². The lowest BCUT2D eigenvalue weighted by atomic mass is 9.46. The summed E-state index contributed by atoms with van der Waals surface area (Å²) in [5.41, 5.74) is -0.453. The lowest BCUT2D eigenvalue weighted by Gasteiger charge is -2.60. The van der Waals surface area contributed by atoms with Gasteiger partial charge >= 0.3 is 0 Å². The Morgan fingerprint density at radius 1 is 1.00 bits per heavy atom. The summed E-state index contributed by atoms with van der Waals surface area (Å²) in [6.07, 6.45) is 5.37. The second-order valence-corrected chi connectivity index (χ2v) is 9.35. The molecule has 0 aliphatic heterocycles. The van der Waals surface area contributed by atoms with Gasteiger partial charge in [0.1, 0.15) is 17.2 Å². The second kappa shape index (κ2) is 6.08. The average Bonchev–Trinajstić information content (AvgIpc) is 2.43. The SMILES string of the molecule is CC1(C)CCCC2(C)C1CCC(C)(O)C2COc1cc(O)cc(O)c1. The Labute approximate surface area is 150 Å². The first kappa shape index (κ1) is 18.4. The van der Waals surface area contributed by atoms with E-state index >= 15 is 0 Å². The van der Waals surface area contributed by atoms with Crippen molar-refractivity contribution in [3.63, 3.8) is 0 Å². The molecular weight excluding hydrogens is 316 g/mol. The Morgan fingerprint density at radius 2 is 1.64 bits per heavy atom. The van der Waals surface area contributed by atoms with Crippen LogP contribution in [0.15, 0.2) is 18.2 Å². The fraction of sp³-hybridized carbons (Fsp3) is 0.714. The van der Waals surface area contributed by atoms with Crippen molar-refractivity contribution in [1.29, 1.82) is 0 Å². The summed E-state index contributed by atoms with van der Waals surface area (Å²) >= 11 is 0. The van der Waals surface area contributed by atoms with Gasteiger partial charge in [0, 0.05) is 24.1 Å². The zero-order valence-corrected chi connectivity index (χ0v) is 15.9. The van der Waals surface area contributed by atoms with Crippen molar-refractivity contribution in [2.75, 3.05) is 6.61 Å². The fourth-order valence-corrected chi connectivity index (χ4v) is 5.83. The van der Waals surface area contributed by atoms with Gasteiger partial charge in [-0.25, -0.2) is 0 Å². The molecule has 3 rings (SSSR count).